The zero-order valence-electron chi connectivity index (χ0n) is 20.4. The lowest BCUT2D eigenvalue weighted by atomic mass is 9.74. The minimum atomic E-state index is -0.373. The van der Waals surface area contributed by atoms with Gasteiger partial charge in [-0.2, -0.15) is 0 Å². The van der Waals surface area contributed by atoms with Crippen LogP contribution in [0.1, 0.15) is 99.2 Å². The average molecular weight is 465 g/mol. The van der Waals surface area contributed by atoms with Gasteiger partial charge in [0.15, 0.2) is 0 Å². The molecule has 182 valence electrons. The number of benzene rings is 1. The van der Waals surface area contributed by atoms with Gasteiger partial charge in [0.1, 0.15) is 5.82 Å². The number of anilines is 1. The maximum atomic E-state index is 14.1. The first-order valence-electron chi connectivity index (χ1n) is 13.3. The van der Waals surface area contributed by atoms with E-state index in [1.54, 1.807) is 18.3 Å². The van der Waals surface area contributed by atoms with Crippen molar-refractivity contribution in [1.29, 1.82) is 0 Å². The molecule has 2 saturated carbocycles. The van der Waals surface area contributed by atoms with Crippen LogP contribution in [0.2, 0.25) is 0 Å². The number of hydrogen-bond acceptors (Lipinski definition) is 4. The van der Waals surface area contributed by atoms with Gasteiger partial charge >= 0.3 is 0 Å². The van der Waals surface area contributed by atoms with Gasteiger partial charge in [-0.1, -0.05) is 44.2 Å². The molecule has 5 nitrogen and oxygen atoms in total. The van der Waals surface area contributed by atoms with Gasteiger partial charge in [0.25, 0.3) is 5.91 Å². The highest BCUT2D eigenvalue weighted by Gasteiger charge is 2.43. The summed E-state index contributed by atoms with van der Waals surface area (Å²) in [4.78, 5) is 28.3. The molecule has 5 rings (SSSR count). The van der Waals surface area contributed by atoms with Gasteiger partial charge in [-0.3, -0.25) is 4.79 Å². The molecule has 3 fully saturated rings. The SMILES string of the molecule is CCN(C(=O)c1cnc(N2CCCC2)nc1C1(c2ccc(F)cc2)CCCC1)C1CCCCC1. The molecule has 0 atom stereocenters. The van der Waals surface area contributed by atoms with Crippen LogP contribution in [0.25, 0.3) is 0 Å². The Kier molecular flexibility index (Phi) is 6.84. The van der Waals surface area contributed by atoms with Crippen LogP contribution in [-0.2, 0) is 5.41 Å². The Labute approximate surface area is 202 Å². The highest BCUT2D eigenvalue weighted by Crippen LogP contribution is 2.47. The van der Waals surface area contributed by atoms with Gasteiger partial charge < -0.3 is 9.80 Å². The Morgan fingerprint density at radius 3 is 2.35 bits per heavy atom. The summed E-state index contributed by atoms with van der Waals surface area (Å²) in [5.41, 5.74) is 2.18. The monoisotopic (exact) mass is 464 g/mol. The second kappa shape index (κ2) is 10.0. The van der Waals surface area contributed by atoms with Gasteiger partial charge in [-0.25, -0.2) is 14.4 Å². The summed E-state index contributed by atoms with van der Waals surface area (Å²) in [6, 6.07) is 7.17. The molecule has 2 aromatic rings. The number of rotatable bonds is 6. The number of halogens is 1. The number of aromatic nitrogens is 2. The Morgan fingerprint density at radius 1 is 1.03 bits per heavy atom. The molecular formula is C28H37FN4O. The lowest BCUT2D eigenvalue weighted by molar-refractivity contribution is 0.0644. The summed E-state index contributed by atoms with van der Waals surface area (Å²) in [6.07, 6.45) is 13.9. The molecule has 2 aliphatic carbocycles. The van der Waals surface area contributed by atoms with E-state index in [1.807, 2.05) is 12.1 Å². The minimum absolute atomic E-state index is 0.0609. The molecule has 2 heterocycles. The van der Waals surface area contributed by atoms with Gasteiger partial charge in [0.2, 0.25) is 5.95 Å². The van der Waals surface area contributed by atoms with Gasteiger partial charge in [-0.15, -0.1) is 0 Å². The molecule has 0 spiro atoms. The van der Waals surface area contributed by atoms with Crippen molar-refractivity contribution in [3.8, 4) is 0 Å². The number of nitrogens with zero attached hydrogens (tertiary/aromatic N) is 4. The lowest BCUT2D eigenvalue weighted by Gasteiger charge is -2.36. The molecule has 0 bridgehead atoms. The molecule has 1 amide bonds. The lowest BCUT2D eigenvalue weighted by Crippen LogP contribution is -2.43. The van der Waals surface area contributed by atoms with E-state index in [0.29, 0.717) is 18.2 Å². The standard InChI is InChI=1S/C28H37FN4O/c1-2-33(23-10-4-3-5-11-23)26(34)24-20-30-27(32-18-8-9-19-32)31-25(24)28(16-6-7-17-28)21-12-14-22(29)15-13-21/h12-15,20,23H,2-11,16-19H2,1H3. The summed E-state index contributed by atoms with van der Waals surface area (Å²) in [5.74, 6) is 0.562. The van der Waals surface area contributed by atoms with E-state index in [0.717, 1.165) is 81.7 Å². The first kappa shape index (κ1) is 23.3. The van der Waals surface area contributed by atoms with Crippen molar-refractivity contribution in [3.05, 3.63) is 53.1 Å². The van der Waals surface area contributed by atoms with Gasteiger partial charge in [-0.05, 0) is 63.1 Å². The molecule has 1 saturated heterocycles. The Morgan fingerprint density at radius 2 is 1.71 bits per heavy atom. The first-order valence-corrected chi connectivity index (χ1v) is 13.3. The van der Waals surface area contributed by atoms with Crippen LogP contribution in [0.15, 0.2) is 30.5 Å². The van der Waals surface area contributed by atoms with E-state index >= 15 is 0 Å². The molecule has 6 heteroatoms. The molecule has 0 unspecified atom stereocenters. The fourth-order valence-electron chi connectivity index (χ4n) is 6.49. The van der Waals surface area contributed by atoms with Crippen molar-refractivity contribution in [2.24, 2.45) is 0 Å². The van der Waals surface area contributed by atoms with Crippen LogP contribution in [0.5, 0.6) is 0 Å². The second-order valence-corrected chi connectivity index (χ2v) is 10.3. The zero-order chi connectivity index (χ0) is 23.5. The summed E-state index contributed by atoms with van der Waals surface area (Å²) in [7, 11) is 0. The van der Waals surface area contributed by atoms with Gasteiger partial charge in [0, 0.05) is 37.3 Å². The maximum Gasteiger partial charge on any atom is 0.257 e. The van der Waals surface area contributed by atoms with Crippen LogP contribution in [0.4, 0.5) is 10.3 Å². The first-order chi connectivity index (χ1) is 16.6. The van der Waals surface area contributed by atoms with E-state index in [-0.39, 0.29) is 17.1 Å². The van der Waals surface area contributed by atoms with Crippen molar-refractivity contribution in [2.45, 2.75) is 89.0 Å². The summed E-state index contributed by atoms with van der Waals surface area (Å²) in [6.45, 7) is 4.69. The van der Waals surface area contributed by atoms with Crippen molar-refractivity contribution in [3.63, 3.8) is 0 Å². The predicted molar refractivity (Wildman–Crippen MR) is 133 cm³/mol. The fourth-order valence-corrected chi connectivity index (χ4v) is 6.49. The average Bonchev–Trinajstić information content (AvgIpc) is 3.59. The highest BCUT2D eigenvalue weighted by molar-refractivity contribution is 5.96. The normalized spacial score (nSPS) is 20.6. The number of amides is 1. The van der Waals surface area contributed by atoms with Crippen molar-refractivity contribution >= 4 is 11.9 Å². The van der Waals surface area contributed by atoms with E-state index in [2.05, 4.69) is 16.7 Å². The molecule has 1 aliphatic heterocycles. The predicted octanol–water partition coefficient (Wildman–Crippen LogP) is 5.87. The Bertz CT molecular complexity index is 990. The van der Waals surface area contributed by atoms with E-state index in [4.69, 9.17) is 9.97 Å². The Balaban J connectivity index is 1.61. The minimum Gasteiger partial charge on any atom is -0.341 e. The van der Waals surface area contributed by atoms with E-state index < -0.39 is 0 Å². The maximum absolute atomic E-state index is 14.1. The molecule has 34 heavy (non-hydrogen) atoms. The van der Waals surface area contributed by atoms with Crippen LogP contribution >= 0.6 is 0 Å². The van der Waals surface area contributed by atoms with Crippen molar-refractivity contribution < 1.29 is 9.18 Å². The zero-order valence-corrected chi connectivity index (χ0v) is 20.4. The second-order valence-electron chi connectivity index (χ2n) is 10.3. The van der Waals surface area contributed by atoms with E-state index in [9.17, 15) is 9.18 Å². The third-order valence-corrected chi connectivity index (χ3v) is 8.32. The van der Waals surface area contributed by atoms with Crippen LogP contribution in [-0.4, -0.2) is 46.5 Å². The number of carbonyl (C=O) groups is 1. The van der Waals surface area contributed by atoms with Crippen molar-refractivity contribution in [2.75, 3.05) is 24.5 Å². The molecule has 3 aliphatic rings. The summed E-state index contributed by atoms with van der Waals surface area (Å²) >= 11 is 0. The van der Waals surface area contributed by atoms with Crippen LogP contribution in [0.3, 0.4) is 0 Å². The summed E-state index contributed by atoms with van der Waals surface area (Å²) in [5, 5.41) is 0. The number of carbonyl (C=O) groups excluding carboxylic acids is 1. The molecule has 0 radical (unpaired) electrons. The van der Waals surface area contributed by atoms with Crippen LogP contribution < -0.4 is 4.90 Å². The Hall–Kier alpha value is -2.50. The van der Waals surface area contributed by atoms with Crippen molar-refractivity contribution in [1.82, 2.24) is 14.9 Å². The molecule has 1 aromatic heterocycles. The van der Waals surface area contributed by atoms with E-state index in [1.165, 1.54) is 19.3 Å². The topological polar surface area (TPSA) is 49.3 Å². The fraction of sp³-hybridized carbons (Fsp3) is 0.607. The molecule has 0 N–H and O–H groups in total. The quantitative estimate of drug-likeness (QED) is 0.536. The van der Waals surface area contributed by atoms with Crippen LogP contribution in [0, 0.1) is 5.82 Å². The third-order valence-electron chi connectivity index (χ3n) is 8.32. The molecular weight excluding hydrogens is 427 g/mol. The third kappa shape index (κ3) is 4.32. The highest BCUT2D eigenvalue weighted by atomic mass is 19.1. The van der Waals surface area contributed by atoms with Gasteiger partial charge in [0.05, 0.1) is 11.3 Å². The molecule has 1 aromatic carbocycles. The summed E-state index contributed by atoms with van der Waals surface area (Å²) < 4.78 is 13.8. The largest absolute Gasteiger partial charge is 0.341 e. The number of hydrogen-bond donors (Lipinski definition) is 0. The smallest absolute Gasteiger partial charge is 0.257 e.